The molecule has 0 radical (unpaired) electrons. The zero-order chi connectivity index (χ0) is 14.8. The third kappa shape index (κ3) is 3.18. The Balaban J connectivity index is 1.86. The van der Waals surface area contributed by atoms with E-state index in [1.807, 2.05) is 34.9 Å². The third-order valence-corrected chi connectivity index (χ3v) is 3.85. The molecule has 1 heterocycles. The third-order valence-electron chi connectivity index (χ3n) is 3.31. The van der Waals surface area contributed by atoms with E-state index in [1.54, 1.807) is 6.07 Å². The van der Waals surface area contributed by atoms with Gasteiger partial charge in [0.2, 0.25) is 0 Å². The number of benzene rings is 2. The lowest BCUT2D eigenvalue weighted by Crippen LogP contribution is -2.21. The van der Waals surface area contributed by atoms with Crippen LogP contribution in [-0.4, -0.2) is 16.5 Å². The van der Waals surface area contributed by atoms with Gasteiger partial charge in [0.15, 0.2) is 5.58 Å². The maximum Gasteiger partial charge on any atom is 0.270 e. The zero-order valence-electron chi connectivity index (χ0n) is 11.6. The Labute approximate surface area is 133 Å². The van der Waals surface area contributed by atoms with Gasteiger partial charge in [0.25, 0.3) is 4.84 Å². The van der Waals surface area contributed by atoms with Gasteiger partial charge >= 0.3 is 0 Å². The molecular weight excluding hydrogens is 304 g/mol. The first-order chi connectivity index (χ1) is 10.1. The molecule has 0 fully saturated rings. The molecular formula is C16H15ClN2OS. The summed E-state index contributed by atoms with van der Waals surface area (Å²) in [5.74, 6) is 0. The summed E-state index contributed by atoms with van der Waals surface area (Å²) in [6.07, 6.45) is 0. The minimum absolute atomic E-state index is 0.465. The lowest BCUT2D eigenvalue weighted by Gasteiger charge is -2.17. The van der Waals surface area contributed by atoms with Gasteiger partial charge in [-0.05, 0) is 43.0 Å². The molecule has 0 amide bonds. The molecule has 3 rings (SSSR count). The molecule has 2 aromatic carbocycles. The highest BCUT2D eigenvalue weighted by Crippen LogP contribution is 2.22. The van der Waals surface area contributed by atoms with Crippen molar-refractivity contribution in [1.29, 1.82) is 0 Å². The lowest BCUT2D eigenvalue weighted by atomic mass is 10.2. The molecule has 0 unspecified atom stereocenters. The fourth-order valence-corrected chi connectivity index (χ4v) is 2.77. The van der Waals surface area contributed by atoms with Crippen molar-refractivity contribution in [2.75, 3.05) is 7.05 Å². The second kappa shape index (κ2) is 6.02. The van der Waals surface area contributed by atoms with Crippen molar-refractivity contribution in [1.82, 2.24) is 9.47 Å². The molecule has 5 heteroatoms. The summed E-state index contributed by atoms with van der Waals surface area (Å²) < 4.78 is 7.56. The van der Waals surface area contributed by atoms with Crippen LogP contribution in [-0.2, 0) is 13.2 Å². The van der Waals surface area contributed by atoms with Crippen LogP contribution in [0.4, 0.5) is 0 Å². The monoisotopic (exact) mass is 318 g/mol. The van der Waals surface area contributed by atoms with E-state index in [4.69, 9.17) is 28.2 Å². The van der Waals surface area contributed by atoms with Gasteiger partial charge in [0.1, 0.15) is 0 Å². The standard InChI is InChI=1S/C16H15ClN2OS/c1-18(10-12-5-3-2-4-6-12)11-19-14-9-13(17)7-8-15(14)20-16(19)21/h2-9H,10-11H2,1H3. The van der Waals surface area contributed by atoms with Gasteiger partial charge in [-0.2, -0.15) is 0 Å². The molecule has 0 bridgehead atoms. The van der Waals surface area contributed by atoms with Crippen molar-refractivity contribution < 1.29 is 4.42 Å². The molecule has 0 saturated carbocycles. The number of nitrogens with zero attached hydrogens (tertiary/aromatic N) is 2. The Bertz CT molecular complexity index is 810. The zero-order valence-corrected chi connectivity index (χ0v) is 13.2. The van der Waals surface area contributed by atoms with Gasteiger partial charge in [-0.3, -0.25) is 9.47 Å². The number of halogens is 1. The van der Waals surface area contributed by atoms with E-state index in [2.05, 4.69) is 24.1 Å². The summed E-state index contributed by atoms with van der Waals surface area (Å²) in [6.45, 7) is 1.50. The van der Waals surface area contributed by atoms with E-state index < -0.39 is 0 Å². The number of hydrogen-bond acceptors (Lipinski definition) is 3. The molecule has 0 saturated heterocycles. The quantitative estimate of drug-likeness (QED) is 0.650. The van der Waals surface area contributed by atoms with Crippen molar-refractivity contribution in [3.05, 3.63) is 64.0 Å². The maximum atomic E-state index is 6.06. The molecule has 0 aliphatic rings. The Hall–Kier alpha value is -1.62. The molecule has 0 aliphatic carbocycles. The van der Waals surface area contributed by atoms with Gasteiger partial charge in [0, 0.05) is 11.6 Å². The van der Waals surface area contributed by atoms with Crippen molar-refractivity contribution in [3.8, 4) is 0 Å². The van der Waals surface area contributed by atoms with Gasteiger partial charge in [-0.1, -0.05) is 41.9 Å². The molecule has 0 spiro atoms. The van der Waals surface area contributed by atoms with E-state index >= 15 is 0 Å². The molecule has 0 aliphatic heterocycles. The topological polar surface area (TPSA) is 21.3 Å². The van der Waals surface area contributed by atoms with Crippen LogP contribution in [0.1, 0.15) is 5.56 Å². The largest absolute Gasteiger partial charge is 0.429 e. The van der Waals surface area contributed by atoms with Gasteiger partial charge in [-0.25, -0.2) is 0 Å². The number of hydrogen-bond donors (Lipinski definition) is 0. The molecule has 21 heavy (non-hydrogen) atoms. The van der Waals surface area contributed by atoms with Crippen LogP contribution in [0.3, 0.4) is 0 Å². The summed E-state index contributed by atoms with van der Waals surface area (Å²) in [7, 11) is 2.05. The highest BCUT2D eigenvalue weighted by atomic mass is 35.5. The van der Waals surface area contributed by atoms with E-state index in [0.29, 0.717) is 16.5 Å². The number of oxazole rings is 1. The fourth-order valence-electron chi connectivity index (χ4n) is 2.36. The Morgan fingerprint density at radius 1 is 1.19 bits per heavy atom. The Kier molecular flexibility index (Phi) is 4.10. The summed E-state index contributed by atoms with van der Waals surface area (Å²) in [4.78, 5) is 2.65. The van der Waals surface area contributed by atoms with Crippen LogP contribution < -0.4 is 0 Å². The van der Waals surface area contributed by atoms with Gasteiger partial charge in [-0.15, -0.1) is 0 Å². The first-order valence-electron chi connectivity index (χ1n) is 6.65. The minimum atomic E-state index is 0.465. The van der Waals surface area contributed by atoms with Crippen LogP contribution in [0.25, 0.3) is 11.1 Å². The van der Waals surface area contributed by atoms with Crippen LogP contribution in [0, 0.1) is 4.84 Å². The van der Waals surface area contributed by atoms with Gasteiger partial charge in [0.05, 0.1) is 12.2 Å². The predicted octanol–water partition coefficient (Wildman–Crippen LogP) is 4.71. The summed E-state index contributed by atoms with van der Waals surface area (Å²) >= 11 is 11.4. The van der Waals surface area contributed by atoms with Crippen LogP contribution >= 0.6 is 23.8 Å². The van der Waals surface area contributed by atoms with Crippen molar-refractivity contribution in [2.24, 2.45) is 0 Å². The second-order valence-corrected chi connectivity index (χ2v) is 5.83. The molecule has 108 valence electrons. The number of rotatable bonds is 4. The van der Waals surface area contributed by atoms with Crippen LogP contribution in [0.2, 0.25) is 5.02 Å². The maximum absolute atomic E-state index is 6.06. The average molecular weight is 319 g/mol. The lowest BCUT2D eigenvalue weighted by molar-refractivity contribution is 0.257. The van der Waals surface area contributed by atoms with E-state index in [1.165, 1.54) is 5.56 Å². The smallest absolute Gasteiger partial charge is 0.270 e. The van der Waals surface area contributed by atoms with Gasteiger partial charge < -0.3 is 4.42 Å². The first kappa shape index (κ1) is 14.3. The Morgan fingerprint density at radius 3 is 2.71 bits per heavy atom. The predicted molar refractivity (Wildman–Crippen MR) is 88.0 cm³/mol. The highest BCUT2D eigenvalue weighted by molar-refractivity contribution is 7.71. The summed E-state index contributed by atoms with van der Waals surface area (Å²) in [5.41, 5.74) is 2.95. The Morgan fingerprint density at radius 2 is 1.95 bits per heavy atom. The first-order valence-corrected chi connectivity index (χ1v) is 7.43. The molecule has 0 atom stereocenters. The minimum Gasteiger partial charge on any atom is -0.429 e. The summed E-state index contributed by atoms with van der Waals surface area (Å²) in [6, 6.07) is 15.9. The SMILES string of the molecule is CN(Cc1ccccc1)Cn1c(=S)oc2ccc(Cl)cc21. The van der Waals surface area contributed by atoms with Crippen molar-refractivity contribution >= 4 is 34.9 Å². The second-order valence-electron chi connectivity index (χ2n) is 5.05. The van der Waals surface area contributed by atoms with E-state index in [9.17, 15) is 0 Å². The fraction of sp³-hybridized carbons (Fsp3) is 0.188. The normalized spacial score (nSPS) is 11.4. The van der Waals surface area contributed by atoms with Crippen molar-refractivity contribution in [3.63, 3.8) is 0 Å². The molecule has 3 aromatic rings. The van der Waals surface area contributed by atoms with Crippen LogP contribution in [0.5, 0.6) is 0 Å². The summed E-state index contributed by atoms with van der Waals surface area (Å²) in [5, 5.41) is 0.678. The van der Waals surface area contributed by atoms with Crippen LogP contribution in [0.15, 0.2) is 52.9 Å². The average Bonchev–Trinajstić information content (AvgIpc) is 2.76. The number of fused-ring (bicyclic) bond motifs is 1. The number of aromatic nitrogens is 1. The van der Waals surface area contributed by atoms with E-state index in [-0.39, 0.29) is 0 Å². The molecule has 3 nitrogen and oxygen atoms in total. The molecule has 0 N–H and O–H groups in total. The highest BCUT2D eigenvalue weighted by Gasteiger charge is 2.09. The van der Waals surface area contributed by atoms with E-state index in [0.717, 1.165) is 17.6 Å². The van der Waals surface area contributed by atoms with Crippen molar-refractivity contribution in [2.45, 2.75) is 13.2 Å². The molecule has 1 aromatic heterocycles.